The van der Waals surface area contributed by atoms with Gasteiger partial charge in [0.1, 0.15) is 17.8 Å². The summed E-state index contributed by atoms with van der Waals surface area (Å²) in [6.07, 6.45) is 2.94. The van der Waals surface area contributed by atoms with E-state index in [1.165, 1.54) is 6.26 Å². The Hall–Kier alpha value is -2.08. The number of amides is 1. The smallest absolute Gasteiger partial charge is 0.254 e. The third-order valence-electron chi connectivity index (χ3n) is 3.15. The minimum Gasteiger partial charge on any atom is -0.467 e. The first-order valence-corrected chi connectivity index (χ1v) is 6.71. The zero-order valence-electron chi connectivity index (χ0n) is 11.7. The Labute approximate surface area is 117 Å². The third kappa shape index (κ3) is 2.91. The summed E-state index contributed by atoms with van der Waals surface area (Å²) in [5.41, 5.74) is 7.76. The number of hydrogen-bond donors (Lipinski definition) is 2. The van der Waals surface area contributed by atoms with Crippen molar-refractivity contribution >= 4 is 5.91 Å². The molecule has 0 spiro atoms. The molecule has 0 aliphatic heterocycles. The summed E-state index contributed by atoms with van der Waals surface area (Å²) in [6.45, 7) is 4.68. The summed E-state index contributed by atoms with van der Waals surface area (Å²) in [7, 11) is 0. The first kappa shape index (κ1) is 14.3. The highest BCUT2D eigenvalue weighted by Gasteiger charge is 2.15. The molecule has 2 heterocycles. The van der Waals surface area contributed by atoms with E-state index in [4.69, 9.17) is 14.7 Å². The molecule has 108 valence electrons. The molecular weight excluding hydrogens is 258 g/mol. The Morgan fingerprint density at radius 1 is 1.40 bits per heavy atom. The first-order valence-electron chi connectivity index (χ1n) is 6.71. The summed E-state index contributed by atoms with van der Waals surface area (Å²) in [6, 6.07) is 1.64. The van der Waals surface area contributed by atoms with Crippen molar-refractivity contribution in [1.82, 2.24) is 10.5 Å². The van der Waals surface area contributed by atoms with Gasteiger partial charge in [-0.25, -0.2) is 0 Å². The molecule has 2 rings (SSSR count). The molecule has 0 atom stereocenters. The van der Waals surface area contributed by atoms with Gasteiger partial charge >= 0.3 is 0 Å². The van der Waals surface area contributed by atoms with Gasteiger partial charge in [0, 0.05) is 18.5 Å². The van der Waals surface area contributed by atoms with Crippen LogP contribution >= 0.6 is 0 Å². The van der Waals surface area contributed by atoms with Gasteiger partial charge in [0.2, 0.25) is 0 Å². The summed E-state index contributed by atoms with van der Waals surface area (Å²) in [5, 5.41) is 6.86. The number of hydrogen-bond acceptors (Lipinski definition) is 5. The average molecular weight is 277 g/mol. The zero-order chi connectivity index (χ0) is 14.5. The molecule has 0 saturated heterocycles. The Balaban J connectivity index is 2.04. The molecule has 0 saturated carbocycles. The lowest BCUT2D eigenvalue weighted by Crippen LogP contribution is -2.23. The summed E-state index contributed by atoms with van der Waals surface area (Å²) < 4.78 is 10.4. The van der Waals surface area contributed by atoms with Crippen LogP contribution in [0.5, 0.6) is 0 Å². The van der Waals surface area contributed by atoms with Crippen LogP contribution < -0.4 is 11.1 Å². The van der Waals surface area contributed by atoms with Crippen LogP contribution in [0.3, 0.4) is 0 Å². The van der Waals surface area contributed by atoms with Crippen LogP contribution in [0, 0.1) is 0 Å². The fraction of sp³-hybridized carbons (Fsp3) is 0.429. The van der Waals surface area contributed by atoms with Gasteiger partial charge in [-0.1, -0.05) is 19.0 Å². The lowest BCUT2D eigenvalue weighted by atomic mass is 10.1. The minimum absolute atomic E-state index is 0.196. The van der Waals surface area contributed by atoms with Crippen molar-refractivity contribution in [3.8, 4) is 0 Å². The van der Waals surface area contributed by atoms with Crippen molar-refractivity contribution in [1.29, 1.82) is 0 Å². The number of rotatable bonds is 6. The van der Waals surface area contributed by atoms with Crippen LogP contribution in [0.2, 0.25) is 0 Å². The average Bonchev–Trinajstić information content (AvgIpc) is 3.10. The molecule has 0 aromatic carbocycles. The van der Waals surface area contributed by atoms with Crippen LogP contribution in [-0.4, -0.2) is 11.1 Å². The van der Waals surface area contributed by atoms with Crippen LogP contribution in [0.15, 0.2) is 21.3 Å². The third-order valence-corrected chi connectivity index (χ3v) is 3.15. The molecule has 2 aromatic heterocycles. The number of furan rings is 1. The van der Waals surface area contributed by atoms with Crippen molar-refractivity contribution < 1.29 is 13.7 Å². The molecule has 3 N–H and O–H groups in total. The maximum absolute atomic E-state index is 12.0. The topological polar surface area (TPSA) is 94.3 Å². The summed E-state index contributed by atoms with van der Waals surface area (Å²) >= 11 is 0. The van der Waals surface area contributed by atoms with E-state index < -0.39 is 0 Å². The van der Waals surface area contributed by atoms with Crippen molar-refractivity contribution in [3.63, 3.8) is 0 Å². The SMILES string of the molecule is CCc1noc(CC)c1CNC(=O)c1coc(CN)c1. The predicted molar refractivity (Wildman–Crippen MR) is 73.0 cm³/mol. The Morgan fingerprint density at radius 3 is 2.80 bits per heavy atom. The highest BCUT2D eigenvalue weighted by atomic mass is 16.5. The molecule has 0 radical (unpaired) electrons. The quantitative estimate of drug-likeness (QED) is 0.839. The van der Waals surface area contributed by atoms with Gasteiger partial charge < -0.3 is 20.0 Å². The molecule has 6 heteroatoms. The molecule has 6 nitrogen and oxygen atoms in total. The van der Waals surface area contributed by atoms with Crippen molar-refractivity contribution in [2.75, 3.05) is 0 Å². The normalized spacial score (nSPS) is 10.8. The minimum atomic E-state index is -0.196. The lowest BCUT2D eigenvalue weighted by molar-refractivity contribution is 0.0950. The number of nitrogens with one attached hydrogen (secondary N) is 1. The maximum atomic E-state index is 12.0. The largest absolute Gasteiger partial charge is 0.467 e. The second-order valence-corrected chi connectivity index (χ2v) is 4.43. The first-order chi connectivity index (χ1) is 9.69. The van der Waals surface area contributed by atoms with E-state index in [-0.39, 0.29) is 12.5 Å². The van der Waals surface area contributed by atoms with E-state index in [1.807, 2.05) is 13.8 Å². The summed E-state index contributed by atoms with van der Waals surface area (Å²) in [5.74, 6) is 1.21. The number of carbonyl (C=O) groups excluding carboxylic acids is 1. The number of carbonyl (C=O) groups is 1. The van der Waals surface area contributed by atoms with E-state index in [2.05, 4.69) is 10.5 Å². The maximum Gasteiger partial charge on any atom is 0.254 e. The molecule has 0 aliphatic rings. The molecule has 20 heavy (non-hydrogen) atoms. The molecule has 0 fully saturated rings. The van der Waals surface area contributed by atoms with Gasteiger partial charge in [-0.15, -0.1) is 0 Å². The second kappa shape index (κ2) is 6.38. The van der Waals surface area contributed by atoms with Gasteiger partial charge in [-0.05, 0) is 12.5 Å². The number of aromatic nitrogens is 1. The molecule has 0 bridgehead atoms. The van der Waals surface area contributed by atoms with E-state index in [0.29, 0.717) is 17.9 Å². The van der Waals surface area contributed by atoms with Gasteiger partial charge in [0.15, 0.2) is 0 Å². The molecular formula is C14H19N3O3. The standard InChI is InChI=1S/C14H19N3O3/c1-3-12-11(13(4-2)20-17-12)7-16-14(18)9-5-10(6-15)19-8-9/h5,8H,3-4,6-7,15H2,1-2H3,(H,16,18). The monoisotopic (exact) mass is 277 g/mol. The fourth-order valence-corrected chi connectivity index (χ4v) is 2.02. The van der Waals surface area contributed by atoms with Gasteiger partial charge in [0.25, 0.3) is 5.91 Å². The molecule has 2 aromatic rings. The number of nitrogens with zero attached hydrogens (tertiary/aromatic N) is 1. The van der Waals surface area contributed by atoms with E-state index >= 15 is 0 Å². The van der Waals surface area contributed by atoms with Crippen molar-refractivity contribution in [3.05, 3.63) is 40.7 Å². The predicted octanol–water partition coefficient (Wildman–Crippen LogP) is 1.78. The van der Waals surface area contributed by atoms with Crippen LogP contribution in [0.25, 0.3) is 0 Å². The summed E-state index contributed by atoms with van der Waals surface area (Å²) in [4.78, 5) is 12.0. The van der Waals surface area contributed by atoms with Gasteiger partial charge in [-0.3, -0.25) is 4.79 Å². The Kier molecular flexibility index (Phi) is 4.57. The lowest BCUT2D eigenvalue weighted by Gasteiger charge is -2.04. The van der Waals surface area contributed by atoms with E-state index in [9.17, 15) is 4.79 Å². The molecule has 0 unspecified atom stereocenters. The van der Waals surface area contributed by atoms with Gasteiger partial charge in [0.05, 0.1) is 17.8 Å². The fourth-order valence-electron chi connectivity index (χ4n) is 2.02. The number of aryl methyl sites for hydroxylation is 2. The second-order valence-electron chi connectivity index (χ2n) is 4.43. The van der Waals surface area contributed by atoms with E-state index in [1.54, 1.807) is 6.07 Å². The highest BCUT2D eigenvalue weighted by molar-refractivity contribution is 5.93. The number of nitrogens with two attached hydrogens (primary N) is 1. The van der Waals surface area contributed by atoms with Crippen molar-refractivity contribution in [2.45, 2.75) is 39.8 Å². The zero-order valence-corrected chi connectivity index (χ0v) is 11.7. The Bertz CT molecular complexity index is 565. The Morgan fingerprint density at radius 2 is 2.20 bits per heavy atom. The molecule has 0 aliphatic carbocycles. The molecule has 1 amide bonds. The highest BCUT2D eigenvalue weighted by Crippen LogP contribution is 2.16. The van der Waals surface area contributed by atoms with Crippen molar-refractivity contribution in [2.24, 2.45) is 5.73 Å². The van der Waals surface area contributed by atoms with Gasteiger partial charge in [-0.2, -0.15) is 0 Å². The van der Waals surface area contributed by atoms with E-state index in [0.717, 1.165) is 29.9 Å². The van der Waals surface area contributed by atoms with Crippen LogP contribution in [-0.2, 0) is 25.9 Å². The van der Waals surface area contributed by atoms with Crippen LogP contribution in [0.4, 0.5) is 0 Å². The van der Waals surface area contributed by atoms with Crippen LogP contribution in [0.1, 0.15) is 47.0 Å².